The first-order valence-electron chi connectivity index (χ1n) is 9.95. The molecule has 0 saturated heterocycles. The van der Waals surface area contributed by atoms with Crippen LogP contribution in [0.5, 0.6) is 0 Å². The molecule has 2 amide bonds. The molecule has 0 fully saturated rings. The van der Waals surface area contributed by atoms with Crippen molar-refractivity contribution in [3.05, 3.63) is 88.8 Å². The first-order valence-corrected chi connectivity index (χ1v) is 9.95. The van der Waals surface area contributed by atoms with Crippen molar-refractivity contribution in [2.24, 2.45) is 5.92 Å². The number of carbonyl (C=O) groups excluding carboxylic acids is 2. The molecule has 154 valence electrons. The molecule has 1 N–H and O–H groups in total. The Hall–Kier alpha value is -3.29. The number of benzene rings is 2. The lowest BCUT2D eigenvalue weighted by Crippen LogP contribution is -2.64. The maximum atomic E-state index is 14.0. The quantitative estimate of drug-likeness (QED) is 0.450. The predicted molar refractivity (Wildman–Crippen MR) is 109 cm³/mol. The molecule has 2 aromatic rings. The first-order chi connectivity index (χ1) is 14.4. The van der Waals surface area contributed by atoms with Gasteiger partial charge in [-0.1, -0.05) is 42.5 Å². The number of quaternary nitrogens is 1. The third-order valence-electron chi connectivity index (χ3n) is 5.86. The van der Waals surface area contributed by atoms with Crippen molar-refractivity contribution in [1.82, 2.24) is 5.01 Å². The summed E-state index contributed by atoms with van der Waals surface area (Å²) in [5.74, 6) is -3.45. The van der Waals surface area contributed by atoms with Crippen molar-refractivity contribution >= 4 is 17.8 Å². The highest BCUT2D eigenvalue weighted by molar-refractivity contribution is 6.20. The van der Waals surface area contributed by atoms with Crippen molar-refractivity contribution in [1.29, 1.82) is 0 Å². The van der Waals surface area contributed by atoms with Crippen molar-refractivity contribution in [3.63, 3.8) is 0 Å². The van der Waals surface area contributed by atoms with Crippen LogP contribution >= 0.6 is 0 Å². The second-order valence-electron chi connectivity index (χ2n) is 7.65. The monoisotopic (exact) mass is 406 g/mol. The number of hydrogen-bond acceptors (Lipinski definition) is 4. The van der Waals surface area contributed by atoms with Crippen LogP contribution < -0.4 is 0 Å². The molecule has 7 heteroatoms. The summed E-state index contributed by atoms with van der Waals surface area (Å²) in [6.07, 6.45) is 4.41. The van der Waals surface area contributed by atoms with Gasteiger partial charge >= 0.3 is 17.8 Å². The van der Waals surface area contributed by atoms with Crippen molar-refractivity contribution in [2.45, 2.75) is 31.7 Å². The van der Waals surface area contributed by atoms with Gasteiger partial charge in [0.05, 0.1) is 11.1 Å². The van der Waals surface area contributed by atoms with Gasteiger partial charge in [0.25, 0.3) is 0 Å². The molecule has 2 aromatic carbocycles. The summed E-state index contributed by atoms with van der Waals surface area (Å²) in [6.45, 7) is 0. The second kappa shape index (κ2) is 7.85. The summed E-state index contributed by atoms with van der Waals surface area (Å²) < 4.78 is -1.39. The van der Waals surface area contributed by atoms with Crippen LogP contribution in [0.2, 0.25) is 0 Å². The number of hydrogen-bond donors (Lipinski definition) is 1. The van der Waals surface area contributed by atoms with E-state index in [1.54, 1.807) is 12.1 Å². The normalized spacial score (nSPS) is 25.4. The second-order valence-corrected chi connectivity index (χ2v) is 7.65. The van der Waals surface area contributed by atoms with Crippen LogP contribution in [-0.2, 0) is 11.2 Å². The van der Waals surface area contributed by atoms with E-state index in [9.17, 15) is 24.7 Å². The Morgan fingerprint density at radius 1 is 1.03 bits per heavy atom. The lowest BCUT2D eigenvalue weighted by molar-refractivity contribution is -0.949. The molecule has 0 bridgehead atoms. The van der Waals surface area contributed by atoms with Gasteiger partial charge < -0.3 is 10.3 Å². The van der Waals surface area contributed by atoms with Gasteiger partial charge in [0, 0.05) is 6.42 Å². The van der Waals surface area contributed by atoms with Crippen LogP contribution in [0.1, 0.15) is 45.5 Å². The predicted octanol–water partition coefficient (Wildman–Crippen LogP) is 3.52. The Balaban J connectivity index is 1.64. The number of carbonyl (C=O) groups is 3. The average Bonchev–Trinajstić information content (AvgIpc) is 3.01. The fourth-order valence-corrected chi connectivity index (χ4v) is 4.37. The third kappa shape index (κ3) is 3.32. The largest absolute Gasteiger partial charge is 0.601 e. The van der Waals surface area contributed by atoms with Crippen LogP contribution in [0.25, 0.3) is 0 Å². The highest BCUT2D eigenvalue weighted by Crippen LogP contribution is 2.38. The number of carboxylic acid groups (broad SMARTS) is 1. The average molecular weight is 406 g/mol. The topological polar surface area (TPSA) is 97.7 Å². The van der Waals surface area contributed by atoms with E-state index in [1.807, 2.05) is 30.3 Å². The Morgan fingerprint density at radius 3 is 2.23 bits per heavy atom. The number of allylic oxidation sites excluding steroid dienone is 1. The Bertz CT molecular complexity index is 984. The van der Waals surface area contributed by atoms with Crippen LogP contribution in [0.15, 0.2) is 66.9 Å². The molecule has 7 nitrogen and oxygen atoms in total. The van der Waals surface area contributed by atoms with Crippen molar-refractivity contribution < 1.29 is 24.2 Å². The summed E-state index contributed by atoms with van der Waals surface area (Å²) >= 11 is 0. The number of nitrogens with zero attached hydrogens (tertiary/aromatic N) is 2. The van der Waals surface area contributed by atoms with Gasteiger partial charge in [0.15, 0.2) is 0 Å². The number of rotatable bonds is 6. The maximum absolute atomic E-state index is 14.0. The molecule has 3 atom stereocenters. The Labute approximate surface area is 174 Å². The highest BCUT2D eigenvalue weighted by Gasteiger charge is 2.52. The fraction of sp³-hybridized carbons (Fsp3) is 0.261. The molecule has 30 heavy (non-hydrogen) atoms. The summed E-state index contributed by atoms with van der Waals surface area (Å²) in [7, 11) is 0. The number of fused-ring (bicyclic) bond motifs is 1. The fourth-order valence-electron chi connectivity index (χ4n) is 4.37. The van der Waals surface area contributed by atoms with Gasteiger partial charge in [-0.25, -0.2) is 4.76 Å². The van der Waals surface area contributed by atoms with E-state index in [1.165, 1.54) is 24.4 Å². The number of aliphatic carboxylic acids is 1. The summed E-state index contributed by atoms with van der Waals surface area (Å²) in [6, 6.07) is 15.0. The number of hydroxylamine groups is 2. The minimum atomic E-state index is -1.39. The highest BCUT2D eigenvalue weighted by atomic mass is 16.6. The first kappa shape index (κ1) is 20.0. The zero-order valence-electron chi connectivity index (χ0n) is 16.3. The van der Waals surface area contributed by atoms with E-state index in [4.69, 9.17) is 0 Å². The standard InChI is InChI=1S/C23H22N2O5/c26-21-17-11-4-5-12-18(17)22(27)24(21)25(30)15-7-13-19(23(28)29)20(25)14-6-10-16-8-2-1-3-9-16/h1-5,7-9,11-12,15,19-20H,6,10,13-14H2,(H,28,29). The number of aryl methyl sites for hydroxylation is 1. The summed E-state index contributed by atoms with van der Waals surface area (Å²) in [4.78, 5) is 37.8. The van der Waals surface area contributed by atoms with Crippen LogP contribution in [0.3, 0.4) is 0 Å². The third-order valence-corrected chi connectivity index (χ3v) is 5.86. The molecular formula is C23H22N2O5. The van der Waals surface area contributed by atoms with E-state index < -0.39 is 34.5 Å². The molecule has 0 aromatic heterocycles. The SMILES string of the molecule is O=C(O)C1CC=C[N+]([O-])(N2C(=O)c3ccccc3C2=O)C1CCCc1ccccc1. The molecular weight excluding hydrogens is 384 g/mol. The zero-order chi connectivity index (χ0) is 21.3. The van der Waals surface area contributed by atoms with Gasteiger partial charge in [-0.3, -0.25) is 14.4 Å². The lowest BCUT2D eigenvalue weighted by atomic mass is 9.88. The lowest BCUT2D eigenvalue weighted by Gasteiger charge is -2.51. The smallest absolute Gasteiger partial charge is 0.313 e. The molecule has 3 unspecified atom stereocenters. The zero-order valence-corrected chi connectivity index (χ0v) is 16.3. The Kier molecular flexibility index (Phi) is 5.24. The molecule has 2 aliphatic rings. The molecule has 0 spiro atoms. The van der Waals surface area contributed by atoms with Crippen LogP contribution in [-0.4, -0.2) is 38.7 Å². The molecule has 0 saturated carbocycles. The van der Waals surface area contributed by atoms with Crippen LogP contribution in [0, 0.1) is 11.1 Å². The number of amides is 2. The van der Waals surface area contributed by atoms with E-state index in [0.29, 0.717) is 17.9 Å². The van der Waals surface area contributed by atoms with Gasteiger partial charge in [-0.2, -0.15) is 0 Å². The molecule has 4 rings (SSSR count). The summed E-state index contributed by atoms with van der Waals surface area (Å²) in [5, 5.41) is 24.4. The summed E-state index contributed by atoms with van der Waals surface area (Å²) in [5.41, 5.74) is 1.43. The minimum absolute atomic E-state index is 0.171. The van der Waals surface area contributed by atoms with Gasteiger partial charge in [-0.15, -0.1) is 5.01 Å². The van der Waals surface area contributed by atoms with Crippen LogP contribution in [0.4, 0.5) is 0 Å². The molecule has 2 aliphatic heterocycles. The van der Waals surface area contributed by atoms with Crippen molar-refractivity contribution in [2.75, 3.05) is 0 Å². The van der Waals surface area contributed by atoms with Gasteiger partial charge in [-0.05, 0) is 43.0 Å². The molecule has 0 radical (unpaired) electrons. The minimum Gasteiger partial charge on any atom is -0.601 e. The number of carboxylic acids is 1. The van der Waals surface area contributed by atoms with Gasteiger partial charge in [0.1, 0.15) is 18.2 Å². The van der Waals surface area contributed by atoms with Crippen molar-refractivity contribution in [3.8, 4) is 0 Å². The molecule has 0 aliphatic carbocycles. The maximum Gasteiger partial charge on any atom is 0.313 e. The van der Waals surface area contributed by atoms with Gasteiger partial charge in [0.2, 0.25) is 0 Å². The van der Waals surface area contributed by atoms with E-state index in [2.05, 4.69) is 0 Å². The molecule has 2 heterocycles. The Morgan fingerprint density at radius 2 is 1.63 bits per heavy atom. The van der Waals surface area contributed by atoms with E-state index in [-0.39, 0.29) is 24.0 Å². The number of imide groups is 1. The van der Waals surface area contributed by atoms with E-state index in [0.717, 1.165) is 5.56 Å². The van der Waals surface area contributed by atoms with E-state index >= 15 is 0 Å².